The summed E-state index contributed by atoms with van der Waals surface area (Å²) >= 11 is 0. The molecule has 28 heavy (non-hydrogen) atoms. The summed E-state index contributed by atoms with van der Waals surface area (Å²) in [6.07, 6.45) is 13.0. The summed E-state index contributed by atoms with van der Waals surface area (Å²) in [5.41, 5.74) is -0.352. The molecule has 1 unspecified atom stereocenters. The number of esters is 1. The number of benzene rings is 1. The highest BCUT2D eigenvalue weighted by molar-refractivity contribution is 6.02. The first kappa shape index (κ1) is 24.2. The second-order valence-electron chi connectivity index (χ2n) is 7.75. The summed E-state index contributed by atoms with van der Waals surface area (Å²) in [5, 5.41) is 9.37. The van der Waals surface area contributed by atoms with E-state index in [1.54, 1.807) is 18.2 Å². The van der Waals surface area contributed by atoms with Gasteiger partial charge in [-0.25, -0.2) is 9.59 Å². The van der Waals surface area contributed by atoms with E-state index in [0.29, 0.717) is 0 Å². The number of unbranched alkanes of at least 4 members (excludes halogenated alkanes) is 7. The van der Waals surface area contributed by atoms with Gasteiger partial charge in [-0.3, -0.25) is 0 Å². The zero-order valence-corrected chi connectivity index (χ0v) is 18.0. The summed E-state index contributed by atoms with van der Waals surface area (Å²) in [6, 6.07) is 6.30. The Kier molecular flexibility index (Phi) is 11.5. The Morgan fingerprint density at radius 3 is 1.93 bits per heavy atom. The lowest BCUT2D eigenvalue weighted by Gasteiger charge is -2.33. The number of aromatic carboxylic acids is 1. The van der Waals surface area contributed by atoms with Gasteiger partial charge >= 0.3 is 11.9 Å². The van der Waals surface area contributed by atoms with E-state index in [1.165, 1.54) is 38.2 Å². The molecule has 0 fully saturated rings. The Morgan fingerprint density at radius 2 is 1.36 bits per heavy atom. The van der Waals surface area contributed by atoms with Crippen LogP contribution in [0.1, 0.15) is 119 Å². The highest BCUT2D eigenvalue weighted by Gasteiger charge is 2.33. The molecule has 1 N–H and O–H groups in total. The topological polar surface area (TPSA) is 63.6 Å². The number of carbonyl (C=O) groups is 2. The molecule has 0 heterocycles. The molecule has 0 radical (unpaired) electrons. The summed E-state index contributed by atoms with van der Waals surface area (Å²) < 4.78 is 6.01. The molecule has 0 aromatic heterocycles. The van der Waals surface area contributed by atoms with Crippen molar-refractivity contribution in [2.75, 3.05) is 0 Å². The SMILES string of the molecule is CCCCCCCCCC(CC)(CCCC)OC(=O)c1ccccc1C(=O)O. The predicted molar refractivity (Wildman–Crippen MR) is 114 cm³/mol. The maximum Gasteiger partial charge on any atom is 0.339 e. The first-order chi connectivity index (χ1) is 13.5. The molecule has 0 aliphatic carbocycles. The molecule has 0 aliphatic heterocycles. The normalized spacial score (nSPS) is 13.1. The van der Waals surface area contributed by atoms with Gasteiger partial charge in [0.05, 0.1) is 11.1 Å². The van der Waals surface area contributed by atoms with Crippen LogP contribution in [-0.2, 0) is 4.74 Å². The number of ether oxygens (including phenoxy) is 1. The maximum atomic E-state index is 12.8. The van der Waals surface area contributed by atoms with Crippen LogP contribution in [0.4, 0.5) is 0 Å². The highest BCUT2D eigenvalue weighted by atomic mass is 16.6. The van der Waals surface area contributed by atoms with Crippen molar-refractivity contribution < 1.29 is 19.4 Å². The Hall–Kier alpha value is -1.84. The average Bonchev–Trinajstić information content (AvgIpc) is 2.71. The minimum atomic E-state index is -1.10. The minimum Gasteiger partial charge on any atom is -0.478 e. The van der Waals surface area contributed by atoms with Gasteiger partial charge in [0.15, 0.2) is 0 Å². The average molecular weight is 391 g/mol. The van der Waals surface area contributed by atoms with Crippen LogP contribution >= 0.6 is 0 Å². The Bertz CT molecular complexity index is 596. The van der Waals surface area contributed by atoms with Gasteiger partial charge in [0, 0.05) is 0 Å². The third kappa shape index (κ3) is 8.04. The van der Waals surface area contributed by atoms with E-state index >= 15 is 0 Å². The molecule has 1 aromatic rings. The van der Waals surface area contributed by atoms with Crippen molar-refractivity contribution in [3.63, 3.8) is 0 Å². The molecule has 4 heteroatoms. The van der Waals surface area contributed by atoms with Gasteiger partial charge in [-0.1, -0.05) is 77.8 Å². The lowest BCUT2D eigenvalue weighted by atomic mass is 9.87. The van der Waals surface area contributed by atoms with Crippen LogP contribution in [0.3, 0.4) is 0 Å². The van der Waals surface area contributed by atoms with E-state index in [9.17, 15) is 14.7 Å². The molecule has 158 valence electrons. The number of rotatable bonds is 15. The van der Waals surface area contributed by atoms with E-state index in [-0.39, 0.29) is 11.1 Å². The van der Waals surface area contributed by atoms with Crippen LogP contribution in [0.15, 0.2) is 24.3 Å². The largest absolute Gasteiger partial charge is 0.478 e. The third-order valence-corrected chi connectivity index (χ3v) is 5.55. The molecule has 0 spiro atoms. The summed E-state index contributed by atoms with van der Waals surface area (Å²) in [7, 11) is 0. The van der Waals surface area contributed by atoms with E-state index in [4.69, 9.17) is 4.74 Å². The minimum absolute atomic E-state index is 0.00363. The van der Waals surface area contributed by atoms with E-state index < -0.39 is 17.5 Å². The fourth-order valence-corrected chi connectivity index (χ4v) is 3.66. The van der Waals surface area contributed by atoms with Crippen molar-refractivity contribution in [1.29, 1.82) is 0 Å². The van der Waals surface area contributed by atoms with Crippen LogP contribution in [0.2, 0.25) is 0 Å². The quantitative estimate of drug-likeness (QED) is 0.258. The molecule has 0 saturated heterocycles. The van der Waals surface area contributed by atoms with Gasteiger partial charge in [0.25, 0.3) is 0 Å². The van der Waals surface area contributed by atoms with E-state index in [1.807, 2.05) is 0 Å². The molecule has 1 atom stereocenters. The third-order valence-electron chi connectivity index (χ3n) is 5.55. The number of carboxylic acids is 1. The number of hydrogen-bond donors (Lipinski definition) is 1. The lowest BCUT2D eigenvalue weighted by molar-refractivity contribution is -0.0323. The van der Waals surface area contributed by atoms with Crippen molar-refractivity contribution in [3.05, 3.63) is 35.4 Å². The zero-order chi connectivity index (χ0) is 20.8. The highest BCUT2D eigenvalue weighted by Crippen LogP contribution is 2.31. The van der Waals surface area contributed by atoms with E-state index in [2.05, 4.69) is 20.8 Å². The lowest BCUT2D eigenvalue weighted by Crippen LogP contribution is -2.35. The summed E-state index contributed by atoms with van der Waals surface area (Å²) in [4.78, 5) is 24.3. The molecule has 4 nitrogen and oxygen atoms in total. The van der Waals surface area contributed by atoms with Gasteiger partial charge in [-0.05, 0) is 44.2 Å². The van der Waals surface area contributed by atoms with Crippen molar-refractivity contribution in [2.24, 2.45) is 0 Å². The van der Waals surface area contributed by atoms with Gasteiger partial charge in [-0.2, -0.15) is 0 Å². The summed E-state index contributed by atoms with van der Waals surface area (Å²) in [6.45, 7) is 6.42. The Morgan fingerprint density at radius 1 is 0.821 bits per heavy atom. The molecule has 1 rings (SSSR count). The van der Waals surface area contributed by atoms with Crippen LogP contribution in [0.5, 0.6) is 0 Å². The van der Waals surface area contributed by atoms with Crippen molar-refractivity contribution in [2.45, 2.75) is 103 Å². The number of carbonyl (C=O) groups excluding carboxylic acids is 1. The molecule has 0 bridgehead atoms. The van der Waals surface area contributed by atoms with Gasteiger partial charge in [-0.15, -0.1) is 0 Å². The predicted octanol–water partition coefficient (Wildman–Crippen LogP) is 7.02. The van der Waals surface area contributed by atoms with Crippen molar-refractivity contribution in [3.8, 4) is 0 Å². The van der Waals surface area contributed by atoms with Crippen LogP contribution in [-0.4, -0.2) is 22.6 Å². The summed E-state index contributed by atoms with van der Waals surface area (Å²) in [5.74, 6) is -1.62. The zero-order valence-electron chi connectivity index (χ0n) is 18.0. The second kappa shape index (κ2) is 13.4. The number of hydrogen-bond acceptors (Lipinski definition) is 3. The first-order valence-corrected chi connectivity index (χ1v) is 11.0. The maximum absolute atomic E-state index is 12.8. The Balaban J connectivity index is 2.77. The monoisotopic (exact) mass is 390 g/mol. The molecule has 1 aromatic carbocycles. The van der Waals surface area contributed by atoms with Gasteiger partial charge < -0.3 is 9.84 Å². The smallest absolute Gasteiger partial charge is 0.339 e. The molecular weight excluding hydrogens is 352 g/mol. The fraction of sp³-hybridized carbons (Fsp3) is 0.667. The molecule has 0 amide bonds. The molecule has 0 saturated carbocycles. The van der Waals surface area contributed by atoms with Crippen LogP contribution in [0, 0.1) is 0 Å². The van der Waals surface area contributed by atoms with Crippen LogP contribution < -0.4 is 0 Å². The fourth-order valence-electron chi connectivity index (χ4n) is 3.66. The Labute approximate surface area is 170 Å². The van der Waals surface area contributed by atoms with Gasteiger partial charge in [0.1, 0.15) is 5.60 Å². The second-order valence-corrected chi connectivity index (χ2v) is 7.75. The standard InChI is InChI=1S/C24H38O4/c1-4-7-9-10-11-12-15-19-24(6-3,18-8-5-2)28-23(27)21-17-14-13-16-20(21)22(25)26/h13-14,16-17H,4-12,15,18-19H2,1-3H3,(H,25,26). The molecular formula is C24H38O4. The van der Waals surface area contributed by atoms with Crippen molar-refractivity contribution in [1.82, 2.24) is 0 Å². The first-order valence-electron chi connectivity index (χ1n) is 11.0. The van der Waals surface area contributed by atoms with Crippen molar-refractivity contribution >= 4 is 11.9 Å². The molecule has 0 aliphatic rings. The van der Waals surface area contributed by atoms with Crippen LogP contribution in [0.25, 0.3) is 0 Å². The number of carboxylic acid groups (broad SMARTS) is 1. The van der Waals surface area contributed by atoms with E-state index in [0.717, 1.165) is 44.9 Å². The van der Waals surface area contributed by atoms with Gasteiger partial charge in [0.2, 0.25) is 0 Å².